The van der Waals surface area contributed by atoms with Crippen molar-refractivity contribution in [2.75, 3.05) is 11.4 Å². The Hall–Kier alpha value is -2.00. The number of aromatic carboxylic acids is 1. The Kier molecular flexibility index (Phi) is 4.21. The summed E-state index contributed by atoms with van der Waals surface area (Å²) in [7, 11) is -3.26. The van der Waals surface area contributed by atoms with Crippen LogP contribution in [-0.2, 0) is 10.0 Å². The second-order valence-electron chi connectivity index (χ2n) is 4.43. The number of halogens is 2. The van der Waals surface area contributed by atoms with Gasteiger partial charge in [-0.05, 0) is 30.7 Å². The van der Waals surface area contributed by atoms with Gasteiger partial charge >= 0.3 is 5.97 Å². The molecule has 0 aliphatic rings. The van der Waals surface area contributed by atoms with Crippen LogP contribution in [0, 0.1) is 18.6 Å². The number of carboxylic acid groups (broad SMARTS) is 1. The molecule has 0 atom stereocenters. The maximum absolute atomic E-state index is 13.7. The Bertz CT molecular complexity index is 825. The third-order valence-corrected chi connectivity index (χ3v) is 6.39. The molecule has 0 spiro atoms. The molecule has 1 aromatic carbocycles. The predicted octanol–water partition coefficient (Wildman–Crippen LogP) is 2.86. The summed E-state index contributed by atoms with van der Waals surface area (Å²) in [4.78, 5) is 10.9. The van der Waals surface area contributed by atoms with Gasteiger partial charge in [0.2, 0.25) is 0 Å². The zero-order valence-electron chi connectivity index (χ0n) is 11.5. The second-order valence-corrected chi connectivity index (χ2v) is 7.67. The zero-order chi connectivity index (χ0) is 16.7. The van der Waals surface area contributed by atoms with Crippen LogP contribution >= 0.6 is 11.3 Å². The van der Waals surface area contributed by atoms with Crippen molar-refractivity contribution < 1.29 is 27.1 Å². The number of aryl methyl sites for hydroxylation is 1. The predicted molar refractivity (Wildman–Crippen MR) is 78.0 cm³/mol. The van der Waals surface area contributed by atoms with E-state index in [2.05, 4.69) is 0 Å². The van der Waals surface area contributed by atoms with Crippen LogP contribution in [0.15, 0.2) is 28.5 Å². The van der Waals surface area contributed by atoms with E-state index in [1.54, 1.807) is 0 Å². The van der Waals surface area contributed by atoms with Gasteiger partial charge in [-0.15, -0.1) is 11.3 Å². The molecule has 0 radical (unpaired) electrons. The number of hydrogen-bond acceptors (Lipinski definition) is 4. The van der Waals surface area contributed by atoms with E-state index >= 15 is 0 Å². The summed E-state index contributed by atoms with van der Waals surface area (Å²) in [5.74, 6) is -3.32. The highest BCUT2D eigenvalue weighted by Gasteiger charge is 2.29. The van der Waals surface area contributed by atoms with Crippen molar-refractivity contribution in [1.29, 1.82) is 0 Å². The van der Waals surface area contributed by atoms with Gasteiger partial charge in [-0.25, -0.2) is 22.0 Å². The van der Waals surface area contributed by atoms with E-state index in [0.29, 0.717) is 15.6 Å². The lowest BCUT2D eigenvalue weighted by Crippen LogP contribution is -2.27. The van der Waals surface area contributed by atoms with E-state index < -0.39 is 33.3 Å². The summed E-state index contributed by atoms with van der Waals surface area (Å²) < 4.78 is 52.5. The highest BCUT2D eigenvalue weighted by Crippen LogP contribution is 2.32. The fourth-order valence-electron chi connectivity index (χ4n) is 1.84. The fraction of sp³-hybridized carbons (Fsp3) is 0.154. The van der Waals surface area contributed by atoms with E-state index in [-0.39, 0.29) is 14.6 Å². The summed E-state index contributed by atoms with van der Waals surface area (Å²) in [5.41, 5.74) is -0.455. The van der Waals surface area contributed by atoms with E-state index in [0.717, 1.165) is 25.2 Å². The topological polar surface area (TPSA) is 74.7 Å². The van der Waals surface area contributed by atoms with Crippen molar-refractivity contribution in [1.82, 2.24) is 0 Å². The monoisotopic (exact) mass is 347 g/mol. The molecule has 1 heterocycles. The van der Waals surface area contributed by atoms with Crippen LogP contribution in [0.4, 0.5) is 14.5 Å². The lowest BCUT2D eigenvalue weighted by atomic mass is 10.3. The Morgan fingerprint density at radius 1 is 1.27 bits per heavy atom. The van der Waals surface area contributed by atoms with Gasteiger partial charge in [0.15, 0.2) is 11.6 Å². The molecule has 0 bridgehead atoms. The molecule has 1 aromatic heterocycles. The standard InChI is InChI=1S/C13H11F2NO4S2/c1-7-6-10(21-12(7)13(17)18)22(19,20)16(2)11-8(14)4-3-5-9(11)15/h3-6H,1-2H3,(H,17,18). The van der Waals surface area contributed by atoms with Gasteiger partial charge in [-0.1, -0.05) is 6.07 Å². The SMILES string of the molecule is Cc1cc(S(=O)(=O)N(C)c2c(F)cccc2F)sc1C(=O)O. The molecule has 118 valence electrons. The molecular formula is C13H11F2NO4S2. The second kappa shape index (κ2) is 5.65. The first kappa shape index (κ1) is 16.4. The van der Waals surface area contributed by atoms with E-state index in [1.807, 2.05) is 0 Å². The molecule has 5 nitrogen and oxygen atoms in total. The molecule has 2 aromatic rings. The Morgan fingerprint density at radius 2 is 1.82 bits per heavy atom. The molecule has 0 aliphatic heterocycles. The third-order valence-electron chi connectivity index (χ3n) is 2.96. The molecular weight excluding hydrogens is 336 g/mol. The van der Waals surface area contributed by atoms with Crippen molar-refractivity contribution in [3.8, 4) is 0 Å². The minimum atomic E-state index is -4.26. The van der Waals surface area contributed by atoms with Crippen molar-refractivity contribution in [2.24, 2.45) is 0 Å². The Balaban J connectivity index is 2.55. The lowest BCUT2D eigenvalue weighted by molar-refractivity contribution is 0.0701. The minimum Gasteiger partial charge on any atom is -0.477 e. The average Bonchev–Trinajstić information content (AvgIpc) is 2.81. The first-order valence-electron chi connectivity index (χ1n) is 5.93. The molecule has 0 saturated heterocycles. The molecule has 22 heavy (non-hydrogen) atoms. The molecule has 1 N–H and O–H groups in total. The minimum absolute atomic E-state index is 0.138. The molecule has 0 aliphatic carbocycles. The number of para-hydroxylation sites is 1. The fourth-order valence-corrected chi connectivity index (χ4v) is 4.60. The molecule has 2 rings (SSSR count). The van der Waals surface area contributed by atoms with Crippen molar-refractivity contribution >= 4 is 33.0 Å². The molecule has 0 unspecified atom stereocenters. The number of rotatable bonds is 4. The number of benzene rings is 1. The number of carbonyl (C=O) groups is 1. The van der Waals surface area contributed by atoms with Gasteiger partial charge in [0, 0.05) is 7.05 Å². The molecule has 0 fully saturated rings. The lowest BCUT2D eigenvalue weighted by Gasteiger charge is -2.19. The first-order chi connectivity index (χ1) is 10.2. The van der Waals surface area contributed by atoms with Gasteiger partial charge in [0.25, 0.3) is 10.0 Å². The highest BCUT2D eigenvalue weighted by atomic mass is 32.2. The van der Waals surface area contributed by atoms with Crippen LogP contribution in [0.1, 0.15) is 15.2 Å². The van der Waals surface area contributed by atoms with Crippen LogP contribution in [0.5, 0.6) is 0 Å². The number of thiophene rings is 1. The van der Waals surface area contributed by atoms with Crippen molar-refractivity contribution in [2.45, 2.75) is 11.1 Å². The normalized spacial score (nSPS) is 11.5. The quantitative estimate of drug-likeness (QED) is 0.923. The van der Waals surface area contributed by atoms with Crippen LogP contribution in [0.25, 0.3) is 0 Å². The number of hydrogen-bond donors (Lipinski definition) is 1. The molecule has 0 saturated carbocycles. The van der Waals surface area contributed by atoms with Gasteiger partial charge in [0.1, 0.15) is 14.8 Å². The number of sulfonamides is 1. The number of anilines is 1. The molecule has 9 heteroatoms. The van der Waals surface area contributed by atoms with Crippen LogP contribution < -0.4 is 4.31 Å². The van der Waals surface area contributed by atoms with E-state index in [9.17, 15) is 22.0 Å². The van der Waals surface area contributed by atoms with Gasteiger partial charge in [-0.2, -0.15) is 0 Å². The van der Waals surface area contributed by atoms with Crippen LogP contribution in [-0.4, -0.2) is 26.5 Å². The van der Waals surface area contributed by atoms with E-state index in [1.165, 1.54) is 13.0 Å². The molecule has 0 amide bonds. The summed E-state index contributed by atoms with van der Waals surface area (Å²) in [5, 5.41) is 8.97. The maximum Gasteiger partial charge on any atom is 0.346 e. The first-order valence-corrected chi connectivity index (χ1v) is 8.18. The highest BCUT2D eigenvalue weighted by molar-refractivity contribution is 7.94. The van der Waals surface area contributed by atoms with Gasteiger partial charge in [-0.3, -0.25) is 4.31 Å². The average molecular weight is 347 g/mol. The van der Waals surface area contributed by atoms with Crippen LogP contribution in [0.2, 0.25) is 0 Å². The van der Waals surface area contributed by atoms with Gasteiger partial charge in [0.05, 0.1) is 0 Å². The number of carboxylic acids is 1. The summed E-state index contributed by atoms with van der Waals surface area (Å²) in [6, 6.07) is 4.16. The third kappa shape index (κ3) is 2.69. The number of nitrogens with zero attached hydrogens (tertiary/aromatic N) is 1. The van der Waals surface area contributed by atoms with Gasteiger partial charge < -0.3 is 5.11 Å². The van der Waals surface area contributed by atoms with Crippen molar-refractivity contribution in [3.05, 3.63) is 46.3 Å². The van der Waals surface area contributed by atoms with Crippen LogP contribution in [0.3, 0.4) is 0 Å². The summed E-state index contributed by atoms with van der Waals surface area (Å²) in [6.45, 7) is 1.45. The maximum atomic E-state index is 13.7. The van der Waals surface area contributed by atoms with Crippen molar-refractivity contribution in [3.63, 3.8) is 0 Å². The summed E-state index contributed by atoms with van der Waals surface area (Å²) in [6.07, 6.45) is 0. The zero-order valence-corrected chi connectivity index (χ0v) is 13.1. The Labute approximate surface area is 129 Å². The summed E-state index contributed by atoms with van der Waals surface area (Å²) >= 11 is 0.535. The Morgan fingerprint density at radius 3 is 2.27 bits per heavy atom. The van der Waals surface area contributed by atoms with E-state index in [4.69, 9.17) is 5.11 Å². The largest absolute Gasteiger partial charge is 0.477 e. The smallest absolute Gasteiger partial charge is 0.346 e.